The molecule has 9 nitrogen and oxygen atoms in total. The summed E-state index contributed by atoms with van der Waals surface area (Å²) in [5.41, 5.74) is 4.53. The van der Waals surface area contributed by atoms with Crippen LogP contribution in [0, 0.1) is 0 Å². The van der Waals surface area contributed by atoms with Crippen molar-refractivity contribution in [2.24, 2.45) is 0 Å². The zero-order chi connectivity index (χ0) is 25.6. The quantitative estimate of drug-likeness (QED) is 0.571. The van der Waals surface area contributed by atoms with Gasteiger partial charge in [0.2, 0.25) is 0 Å². The molecule has 0 atom stereocenters. The summed E-state index contributed by atoms with van der Waals surface area (Å²) in [6, 6.07) is 13.9. The van der Waals surface area contributed by atoms with Crippen LogP contribution < -0.4 is 10.2 Å². The predicted octanol–water partition coefficient (Wildman–Crippen LogP) is 3.80. The summed E-state index contributed by atoms with van der Waals surface area (Å²) in [5, 5.41) is 10.4. The number of rotatable bonds is 3. The molecule has 3 amide bonds. The average Bonchev–Trinajstić information content (AvgIpc) is 3.33. The van der Waals surface area contributed by atoms with E-state index in [2.05, 4.69) is 40.3 Å². The van der Waals surface area contributed by atoms with Crippen molar-refractivity contribution in [3.63, 3.8) is 0 Å². The van der Waals surface area contributed by atoms with Crippen LogP contribution in [-0.2, 0) is 18.4 Å². The number of urea groups is 1. The van der Waals surface area contributed by atoms with Gasteiger partial charge in [0, 0.05) is 61.1 Å². The molecule has 6 rings (SSSR count). The maximum atomic E-state index is 13.4. The average molecular weight is 500 g/mol. The number of nitrogens with zero attached hydrogens (tertiary/aromatic N) is 5. The summed E-state index contributed by atoms with van der Waals surface area (Å²) in [6.07, 6.45) is 4.41. The SMILES string of the molecule is CC1(C)CN(C(=O)c2cccc(N3CCC(N4CCc5ccccc5NC4=O)CC3)n2)Cc2cn[nH]c21. The van der Waals surface area contributed by atoms with Crippen LogP contribution in [0.5, 0.6) is 0 Å². The number of benzene rings is 1. The number of anilines is 2. The highest BCUT2D eigenvalue weighted by molar-refractivity contribution is 5.93. The van der Waals surface area contributed by atoms with E-state index in [1.165, 1.54) is 5.56 Å². The first-order valence-electron chi connectivity index (χ1n) is 13.1. The van der Waals surface area contributed by atoms with Gasteiger partial charge in [-0.3, -0.25) is 9.89 Å². The van der Waals surface area contributed by atoms with Crippen LogP contribution in [0.1, 0.15) is 54.0 Å². The van der Waals surface area contributed by atoms with Gasteiger partial charge < -0.3 is 20.0 Å². The van der Waals surface area contributed by atoms with E-state index in [-0.39, 0.29) is 23.4 Å². The van der Waals surface area contributed by atoms with Gasteiger partial charge in [-0.1, -0.05) is 38.1 Å². The van der Waals surface area contributed by atoms with Gasteiger partial charge in [-0.15, -0.1) is 0 Å². The van der Waals surface area contributed by atoms with Crippen molar-refractivity contribution in [2.45, 2.75) is 51.1 Å². The Kier molecular flexibility index (Phi) is 5.85. The number of fused-ring (bicyclic) bond motifs is 2. The molecule has 1 aromatic carbocycles. The topological polar surface area (TPSA) is 97.5 Å². The largest absolute Gasteiger partial charge is 0.356 e. The number of piperidine rings is 1. The van der Waals surface area contributed by atoms with E-state index in [0.29, 0.717) is 18.8 Å². The molecule has 3 aromatic rings. The second-order valence-electron chi connectivity index (χ2n) is 10.9. The van der Waals surface area contributed by atoms with Crippen molar-refractivity contribution in [1.29, 1.82) is 0 Å². The van der Waals surface area contributed by atoms with E-state index >= 15 is 0 Å². The molecule has 0 aliphatic carbocycles. The van der Waals surface area contributed by atoms with Gasteiger partial charge in [-0.2, -0.15) is 5.10 Å². The fraction of sp³-hybridized carbons (Fsp3) is 0.429. The fourth-order valence-electron chi connectivity index (χ4n) is 6.00. The lowest BCUT2D eigenvalue weighted by molar-refractivity contribution is 0.0678. The molecule has 0 spiro atoms. The molecule has 9 heteroatoms. The molecular formula is C28H33N7O2. The third-order valence-corrected chi connectivity index (χ3v) is 7.95. The number of H-pyrrole nitrogens is 1. The van der Waals surface area contributed by atoms with Gasteiger partial charge in [0.1, 0.15) is 11.5 Å². The summed E-state index contributed by atoms with van der Waals surface area (Å²) < 4.78 is 0. The van der Waals surface area contributed by atoms with Gasteiger partial charge in [0.15, 0.2) is 0 Å². The molecule has 1 fully saturated rings. The molecular weight excluding hydrogens is 466 g/mol. The minimum Gasteiger partial charge on any atom is -0.356 e. The lowest BCUT2D eigenvalue weighted by atomic mass is 9.83. The molecule has 5 heterocycles. The smallest absolute Gasteiger partial charge is 0.322 e. The van der Waals surface area contributed by atoms with Crippen LogP contribution in [0.15, 0.2) is 48.7 Å². The lowest BCUT2D eigenvalue weighted by Gasteiger charge is -2.39. The second-order valence-corrected chi connectivity index (χ2v) is 10.9. The number of carbonyl (C=O) groups is 2. The van der Waals surface area contributed by atoms with E-state index in [1.807, 2.05) is 46.3 Å². The number of pyridine rings is 1. The Bertz CT molecular complexity index is 1330. The number of hydrogen-bond acceptors (Lipinski definition) is 5. The van der Waals surface area contributed by atoms with Crippen LogP contribution in [0.3, 0.4) is 0 Å². The van der Waals surface area contributed by atoms with Crippen LogP contribution in [0.25, 0.3) is 0 Å². The number of para-hydroxylation sites is 1. The zero-order valence-electron chi connectivity index (χ0n) is 21.4. The standard InChI is InChI=1S/C28H33N7O2/c1-28(2)18-34(17-20-16-29-32-25(20)28)26(36)23-8-5-9-24(30-23)33-13-11-21(12-14-33)35-15-10-19-6-3-4-7-22(19)31-27(35)37/h3-9,16,21H,10-15,17-18H2,1-2H3,(H,29,32)(H,31,37). The number of nitrogens with one attached hydrogen (secondary N) is 2. The second kappa shape index (κ2) is 9.21. The summed E-state index contributed by atoms with van der Waals surface area (Å²) in [4.78, 5) is 37.2. The summed E-state index contributed by atoms with van der Waals surface area (Å²) >= 11 is 0. The lowest BCUT2D eigenvalue weighted by Crippen LogP contribution is -2.49. The van der Waals surface area contributed by atoms with Gasteiger partial charge >= 0.3 is 6.03 Å². The first-order chi connectivity index (χ1) is 17.9. The van der Waals surface area contributed by atoms with Crippen molar-refractivity contribution in [3.05, 3.63) is 71.2 Å². The third kappa shape index (κ3) is 4.43. The van der Waals surface area contributed by atoms with Gasteiger partial charge in [0.05, 0.1) is 6.20 Å². The Hall–Kier alpha value is -3.88. The first-order valence-corrected chi connectivity index (χ1v) is 13.1. The Labute approximate surface area is 216 Å². The summed E-state index contributed by atoms with van der Waals surface area (Å²) in [6.45, 7) is 7.71. The van der Waals surface area contributed by atoms with Crippen LogP contribution in [0.4, 0.5) is 16.3 Å². The number of hydrogen-bond donors (Lipinski definition) is 2. The molecule has 0 radical (unpaired) electrons. The molecule has 1 saturated heterocycles. The fourth-order valence-corrected chi connectivity index (χ4v) is 6.00. The normalized spacial score (nSPS) is 19.6. The van der Waals surface area contributed by atoms with Crippen molar-refractivity contribution < 1.29 is 9.59 Å². The Balaban J connectivity index is 1.11. The highest BCUT2D eigenvalue weighted by Crippen LogP contribution is 2.32. The van der Waals surface area contributed by atoms with Crippen molar-refractivity contribution >= 4 is 23.4 Å². The predicted molar refractivity (Wildman–Crippen MR) is 142 cm³/mol. The maximum Gasteiger partial charge on any atom is 0.322 e. The molecule has 2 N–H and O–H groups in total. The monoisotopic (exact) mass is 499 g/mol. The molecule has 3 aliphatic heterocycles. The van der Waals surface area contributed by atoms with Crippen LogP contribution >= 0.6 is 0 Å². The molecule has 3 aliphatic rings. The Morgan fingerprint density at radius 1 is 1.03 bits per heavy atom. The van der Waals surface area contributed by atoms with Gasteiger partial charge in [0.25, 0.3) is 5.91 Å². The summed E-state index contributed by atoms with van der Waals surface area (Å²) in [5.74, 6) is 0.759. The van der Waals surface area contributed by atoms with Crippen molar-refractivity contribution in [2.75, 3.05) is 36.4 Å². The van der Waals surface area contributed by atoms with E-state index in [9.17, 15) is 9.59 Å². The van der Waals surface area contributed by atoms with E-state index in [1.54, 1.807) is 6.07 Å². The minimum atomic E-state index is -0.194. The highest BCUT2D eigenvalue weighted by atomic mass is 16.2. The van der Waals surface area contributed by atoms with E-state index < -0.39 is 0 Å². The van der Waals surface area contributed by atoms with Crippen LogP contribution in [-0.4, -0.2) is 69.1 Å². The highest BCUT2D eigenvalue weighted by Gasteiger charge is 2.36. The molecule has 2 aromatic heterocycles. The first kappa shape index (κ1) is 23.5. The molecule has 0 unspecified atom stereocenters. The Morgan fingerprint density at radius 3 is 2.68 bits per heavy atom. The minimum absolute atomic E-state index is 0.0145. The molecule has 37 heavy (non-hydrogen) atoms. The number of aromatic amines is 1. The maximum absolute atomic E-state index is 13.4. The number of carbonyl (C=O) groups excluding carboxylic acids is 2. The van der Waals surface area contributed by atoms with E-state index in [0.717, 1.165) is 61.7 Å². The molecule has 0 bridgehead atoms. The van der Waals surface area contributed by atoms with Gasteiger partial charge in [-0.05, 0) is 43.0 Å². The van der Waals surface area contributed by atoms with Crippen molar-refractivity contribution in [3.8, 4) is 0 Å². The molecule has 0 saturated carbocycles. The van der Waals surface area contributed by atoms with Gasteiger partial charge in [-0.25, -0.2) is 9.78 Å². The Morgan fingerprint density at radius 2 is 1.84 bits per heavy atom. The third-order valence-electron chi connectivity index (χ3n) is 7.95. The number of aromatic nitrogens is 3. The molecule has 192 valence electrons. The summed E-state index contributed by atoms with van der Waals surface area (Å²) in [7, 11) is 0. The van der Waals surface area contributed by atoms with E-state index in [4.69, 9.17) is 4.98 Å². The van der Waals surface area contributed by atoms with Crippen LogP contribution in [0.2, 0.25) is 0 Å². The zero-order valence-corrected chi connectivity index (χ0v) is 21.4. The van der Waals surface area contributed by atoms with Crippen molar-refractivity contribution in [1.82, 2.24) is 25.0 Å². The number of amides is 3.